The molecule has 0 aromatic heterocycles. The smallest absolute Gasteiger partial charge is 0.319 e. The number of amides is 4. The minimum Gasteiger partial charge on any atom is -0.336 e. The van der Waals surface area contributed by atoms with E-state index in [1.165, 1.54) is 4.90 Å². The average Bonchev–Trinajstić information content (AvgIpc) is 2.40. The summed E-state index contributed by atoms with van der Waals surface area (Å²) < 4.78 is 0. The van der Waals surface area contributed by atoms with Crippen LogP contribution in [0, 0.1) is 6.92 Å². The number of nitrogens with one attached hydrogen (secondary N) is 3. The Morgan fingerprint density at radius 3 is 2.33 bits per heavy atom. The number of benzene rings is 1. The van der Waals surface area contributed by atoms with Gasteiger partial charge in [-0.2, -0.15) is 0 Å². The molecular formula is C13H18Cl2N4O2. The second-order valence-corrected chi connectivity index (χ2v) is 5.40. The van der Waals surface area contributed by atoms with E-state index < -0.39 is 6.03 Å². The van der Waals surface area contributed by atoms with Gasteiger partial charge in [0.25, 0.3) is 0 Å². The van der Waals surface area contributed by atoms with Crippen LogP contribution in [-0.4, -0.2) is 44.1 Å². The van der Waals surface area contributed by atoms with Gasteiger partial charge in [-0.15, -0.1) is 0 Å². The first-order valence-corrected chi connectivity index (χ1v) is 7.02. The van der Waals surface area contributed by atoms with E-state index in [4.69, 9.17) is 23.2 Å². The minimum absolute atomic E-state index is 0.217. The first-order valence-electron chi connectivity index (χ1n) is 6.27. The van der Waals surface area contributed by atoms with Crippen LogP contribution in [-0.2, 0) is 0 Å². The third kappa shape index (κ3) is 5.69. The number of urea groups is 2. The average molecular weight is 333 g/mol. The van der Waals surface area contributed by atoms with Crippen LogP contribution in [0.2, 0.25) is 10.0 Å². The lowest BCUT2D eigenvalue weighted by atomic mass is 10.2. The summed E-state index contributed by atoms with van der Waals surface area (Å²) in [4.78, 5) is 24.4. The predicted octanol–water partition coefficient (Wildman–Crippen LogP) is 2.69. The Morgan fingerprint density at radius 1 is 1.10 bits per heavy atom. The molecule has 1 aromatic rings. The summed E-state index contributed by atoms with van der Waals surface area (Å²) in [6.45, 7) is 2.45. The van der Waals surface area contributed by atoms with Crippen LogP contribution in [0.1, 0.15) is 5.56 Å². The van der Waals surface area contributed by atoms with Gasteiger partial charge in [0.05, 0.1) is 10.7 Å². The summed E-state index contributed by atoms with van der Waals surface area (Å²) in [5.41, 5.74) is 1.26. The number of rotatable bonds is 4. The lowest BCUT2D eigenvalue weighted by Crippen LogP contribution is -2.40. The minimum atomic E-state index is -0.420. The van der Waals surface area contributed by atoms with Crippen LogP contribution in [0.4, 0.5) is 15.3 Å². The molecule has 0 saturated carbocycles. The van der Waals surface area contributed by atoms with Gasteiger partial charge in [0, 0.05) is 32.2 Å². The molecule has 0 spiro atoms. The predicted molar refractivity (Wildman–Crippen MR) is 85.3 cm³/mol. The Bertz CT molecular complexity index is 535. The molecule has 0 aliphatic carbocycles. The second-order valence-electron chi connectivity index (χ2n) is 4.59. The fraction of sp³-hybridized carbons (Fsp3) is 0.385. The lowest BCUT2D eigenvalue weighted by molar-refractivity contribution is 0.217. The molecule has 3 N–H and O–H groups in total. The molecule has 0 aliphatic rings. The first-order chi connectivity index (χ1) is 9.81. The van der Waals surface area contributed by atoms with Crippen LogP contribution in [0.25, 0.3) is 0 Å². The van der Waals surface area contributed by atoms with Crippen molar-refractivity contribution in [3.8, 4) is 0 Å². The molecule has 0 unspecified atom stereocenters. The monoisotopic (exact) mass is 332 g/mol. The van der Waals surface area contributed by atoms with Gasteiger partial charge in [0.15, 0.2) is 0 Å². The van der Waals surface area contributed by atoms with E-state index in [1.54, 1.807) is 26.2 Å². The molecule has 0 bridgehead atoms. The molecule has 116 valence electrons. The van der Waals surface area contributed by atoms with Crippen LogP contribution >= 0.6 is 23.2 Å². The Hall–Kier alpha value is -1.66. The highest BCUT2D eigenvalue weighted by molar-refractivity contribution is 6.36. The normalized spacial score (nSPS) is 9.95. The SMILES string of the molecule is Cc1cc(Cl)c(NC(=O)NCCNC(=O)N(C)C)cc1Cl. The zero-order valence-corrected chi connectivity index (χ0v) is 13.6. The summed E-state index contributed by atoms with van der Waals surface area (Å²) >= 11 is 12.0. The van der Waals surface area contributed by atoms with E-state index in [0.29, 0.717) is 28.8 Å². The van der Waals surface area contributed by atoms with E-state index in [2.05, 4.69) is 16.0 Å². The molecule has 4 amide bonds. The zero-order valence-electron chi connectivity index (χ0n) is 12.1. The number of halogens is 2. The third-order valence-corrected chi connectivity index (χ3v) is 3.31. The highest BCUT2D eigenvalue weighted by Crippen LogP contribution is 2.28. The quantitative estimate of drug-likeness (QED) is 0.741. The Morgan fingerprint density at radius 2 is 1.71 bits per heavy atom. The van der Waals surface area contributed by atoms with Crippen molar-refractivity contribution in [1.29, 1.82) is 0 Å². The van der Waals surface area contributed by atoms with Gasteiger partial charge in [0.1, 0.15) is 0 Å². The maximum absolute atomic E-state index is 11.7. The van der Waals surface area contributed by atoms with E-state index in [0.717, 1.165) is 5.56 Å². The fourth-order valence-corrected chi connectivity index (χ4v) is 1.84. The van der Waals surface area contributed by atoms with Gasteiger partial charge >= 0.3 is 12.1 Å². The number of hydrogen-bond donors (Lipinski definition) is 3. The van der Waals surface area contributed by atoms with Gasteiger partial charge in [-0.25, -0.2) is 9.59 Å². The lowest BCUT2D eigenvalue weighted by Gasteiger charge is -2.13. The first kappa shape index (κ1) is 17.4. The van der Waals surface area contributed by atoms with Crippen molar-refractivity contribution in [2.45, 2.75) is 6.92 Å². The van der Waals surface area contributed by atoms with Gasteiger partial charge in [-0.3, -0.25) is 0 Å². The standard InChI is InChI=1S/C13H18Cl2N4O2/c1-8-6-10(15)11(7-9(8)14)18-12(20)16-4-5-17-13(21)19(2)3/h6-7H,4-5H2,1-3H3,(H,17,21)(H2,16,18,20). The largest absolute Gasteiger partial charge is 0.336 e. The van der Waals surface area contributed by atoms with Crippen molar-refractivity contribution in [1.82, 2.24) is 15.5 Å². The molecule has 6 nitrogen and oxygen atoms in total. The fourth-order valence-electron chi connectivity index (χ4n) is 1.41. The molecule has 1 aromatic carbocycles. The molecule has 0 aliphatic heterocycles. The Kier molecular flexibility index (Phi) is 6.58. The van der Waals surface area contributed by atoms with E-state index in [-0.39, 0.29) is 6.03 Å². The van der Waals surface area contributed by atoms with Crippen molar-refractivity contribution in [3.63, 3.8) is 0 Å². The van der Waals surface area contributed by atoms with Crippen molar-refractivity contribution in [2.24, 2.45) is 0 Å². The molecule has 0 heterocycles. The summed E-state index contributed by atoms with van der Waals surface area (Å²) in [5.74, 6) is 0. The zero-order chi connectivity index (χ0) is 16.0. The molecule has 21 heavy (non-hydrogen) atoms. The second kappa shape index (κ2) is 7.95. The summed E-state index contributed by atoms with van der Waals surface area (Å²) in [6, 6.07) is 2.63. The number of hydrogen-bond acceptors (Lipinski definition) is 2. The van der Waals surface area contributed by atoms with Crippen molar-refractivity contribution in [3.05, 3.63) is 27.7 Å². The Balaban J connectivity index is 2.41. The molecule has 0 saturated heterocycles. The molecular weight excluding hydrogens is 315 g/mol. The van der Waals surface area contributed by atoms with Gasteiger partial charge in [-0.1, -0.05) is 23.2 Å². The topological polar surface area (TPSA) is 73.5 Å². The molecule has 8 heteroatoms. The molecule has 0 fully saturated rings. The van der Waals surface area contributed by atoms with Gasteiger partial charge in [0.2, 0.25) is 0 Å². The van der Waals surface area contributed by atoms with Crippen molar-refractivity contribution >= 4 is 41.0 Å². The molecule has 0 radical (unpaired) electrons. The summed E-state index contributed by atoms with van der Waals surface area (Å²) in [5, 5.41) is 8.76. The van der Waals surface area contributed by atoms with Crippen LogP contribution < -0.4 is 16.0 Å². The van der Waals surface area contributed by atoms with E-state index in [9.17, 15) is 9.59 Å². The van der Waals surface area contributed by atoms with Crippen LogP contribution in [0.3, 0.4) is 0 Å². The molecule has 1 rings (SSSR count). The summed E-state index contributed by atoms with van der Waals surface area (Å²) in [6.07, 6.45) is 0. The number of carbonyl (C=O) groups excluding carboxylic acids is 2. The van der Waals surface area contributed by atoms with Crippen LogP contribution in [0.5, 0.6) is 0 Å². The Labute approximate surface area is 133 Å². The van der Waals surface area contributed by atoms with Crippen molar-refractivity contribution in [2.75, 3.05) is 32.5 Å². The van der Waals surface area contributed by atoms with Crippen molar-refractivity contribution < 1.29 is 9.59 Å². The van der Waals surface area contributed by atoms with E-state index >= 15 is 0 Å². The third-order valence-electron chi connectivity index (χ3n) is 2.59. The highest BCUT2D eigenvalue weighted by atomic mass is 35.5. The number of nitrogens with zero attached hydrogens (tertiary/aromatic N) is 1. The van der Waals surface area contributed by atoms with Gasteiger partial charge in [-0.05, 0) is 24.6 Å². The number of anilines is 1. The maximum Gasteiger partial charge on any atom is 0.319 e. The number of carbonyl (C=O) groups is 2. The maximum atomic E-state index is 11.7. The highest BCUT2D eigenvalue weighted by Gasteiger charge is 2.08. The van der Waals surface area contributed by atoms with E-state index in [1.807, 2.05) is 6.92 Å². The number of aryl methyl sites for hydroxylation is 1. The van der Waals surface area contributed by atoms with Crippen LogP contribution in [0.15, 0.2) is 12.1 Å². The molecule has 0 atom stereocenters. The van der Waals surface area contributed by atoms with Gasteiger partial charge < -0.3 is 20.9 Å². The summed E-state index contributed by atoms with van der Waals surface area (Å²) in [7, 11) is 3.28.